The first-order chi connectivity index (χ1) is 9.43. The summed E-state index contributed by atoms with van der Waals surface area (Å²) in [5.41, 5.74) is -0.957. The maximum Gasteiger partial charge on any atom is 0.305 e. The molecule has 0 spiro atoms. The van der Waals surface area contributed by atoms with Crippen LogP contribution in [0.5, 0.6) is 0 Å². The van der Waals surface area contributed by atoms with Crippen molar-refractivity contribution in [2.75, 3.05) is 12.4 Å². The van der Waals surface area contributed by atoms with Crippen molar-refractivity contribution < 1.29 is 13.7 Å². The van der Waals surface area contributed by atoms with Crippen LogP contribution < -0.4 is 5.32 Å². The SMILES string of the molecule is CNc1cc(C)nc(-c2c(F)ccc([N+](=O)[O-])c2F)n1. The number of halogens is 2. The Bertz CT molecular complexity index is 691. The largest absolute Gasteiger partial charge is 0.373 e. The van der Waals surface area contributed by atoms with Crippen LogP contribution in [0.2, 0.25) is 0 Å². The molecule has 0 amide bonds. The molecule has 2 aromatic rings. The molecule has 0 atom stereocenters. The lowest BCUT2D eigenvalue weighted by molar-refractivity contribution is -0.387. The van der Waals surface area contributed by atoms with Gasteiger partial charge in [0, 0.05) is 24.9 Å². The fourth-order valence-electron chi connectivity index (χ4n) is 1.70. The second-order valence-corrected chi connectivity index (χ2v) is 3.98. The van der Waals surface area contributed by atoms with Crippen molar-refractivity contribution in [3.05, 3.63) is 45.6 Å². The van der Waals surface area contributed by atoms with Crippen LogP contribution in [0.15, 0.2) is 18.2 Å². The molecule has 0 aliphatic carbocycles. The molecule has 1 heterocycles. The standard InChI is InChI=1S/C12H10F2N4O2/c1-6-5-9(15-2)17-12(16-6)10-7(13)3-4-8(11(10)14)18(19)20/h3-5H,1-2H3,(H,15,16,17). The van der Waals surface area contributed by atoms with Gasteiger partial charge in [-0.15, -0.1) is 0 Å². The molecule has 0 unspecified atom stereocenters. The lowest BCUT2D eigenvalue weighted by atomic mass is 10.1. The summed E-state index contributed by atoms with van der Waals surface area (Å²) >= 11 is 0. The molecule has 0 bridgehead atoms. The zero-order valence-electron chi connectivity index (χ0n) is 10.6. The van der Waals surface area contributed by atoms with E-state index >= 15 is 0 Å². The minimum Gasteiger partial charge on any atom is -0.373 e. The molecule has 0 aliphatic heterocycles. The quantitative estimate of drug-likeness (QED) is 0.690. The van der Waals surface area contributed by atoms with Crippen molar-refractivity contribution in [3.8, 4) is 11.4 Å². The van der Waals surface area contributed by atoms with Crippen LogP contribution in [0.1, 0.15) is 5.69 Å². The molecule has 2 rings (SSSR count). The van der Waals surface area contributed by atoms with Crippen molar-refractivity contribution >= 4 is 11.5 Å². The highest BCUT2D eigenvalue weighted by Crippen LogP contribution is 2.30. The van der Waals surface area contributed by atoms with Gasteiger partial charge in [0.15, 0.2) is 5.82 Å². The third-order valence-corrected chi connectivity index (χ3v) is 2.60. The number of hydrogen-bond donors (Lipinski definition) is 1. The van der Waals surface area contributed by atoms with Gasteiger partial charge in [0.05, 0.1) is 10.5 Å². The van der Waals surface area contributed by atoms with Crippen molar-refractivity contribution in [1.29, 1.82) is 0 Å². The molecule has 1 aromatic carbocycles. The average Bonchev–Trinajstić information content (AvgIpc) is 2.37. The molecule has 0 fully saturated rings. The van der Waals surface area contributed by atoms with E-state index < -0.39 is 27.8 Å². The van der Waals surface area contributed by atoms with Gasteiger partial charge in [-0.3, -0.25) is 10.1 Å². The lowest BCUT2D eigenvalue weighted by Gasteiger charge is -2.07. The Morgan fingerprint density at radius 3 is 2.60 bits per heavy atom. The summed E-state index contributed by atoms with van der Waals surface area (Å²) in [5.74, 6) is -2.13. The fraction of sp³-hybridized carbons (Fsp3) is 0.167. The smallest absolute Gasteiger partial charge is 0.305 e. The number of nitrogens with one attached hydrogen (secondary N) is 1. The van der Waals surface area contributed by atoms with Gasteiger partial charge in [-0.05, 0) is 13.0 Å². The normalized spacial score (nSPS) is 10.4. The van der Waals surface area contributed by atoms with E-state index in [1.807, 2.05) is 0 Å². The predicted octanol–water partition coefficient (Wildman–Crippen LogP) is 2.68. The van der Waals surface area contributed by atoms with Gasteiger partial charge >= 0.3 is 5.69 Å². The lowest BCUT2D eigenvalue weighted by Crippen LogP contribution is -2.03. The highest BCUT2D eigenvalue weighted by Gasteiger charge is 2.24. The molecule has 0 saturated heterocycles. The summed E-state index contributed by atoms with van der Waals surface area (Å²) in [6.45, 7) is 1.62. The number of hydrogen-bond acceptors (Lipinski definition) is 5. The van der Waals surface area contributed by atoms with Crippen LogP contribution in [0.25, 0.3) is 11.4 Å². The Balaban J connectivity index is 2.72. The molecule has 8 heteroatoms. The zero-order chi connectivity index (χ0) is 14.9. The molecule has 1 N–H and O–H groups in total. The number of aromatic nitrogens is 2. The first-order valence-corrected chi connectivity index (χ1v) is 5.60. The molecule has 1 aromatic heterocycles. The molecular weight excluding hydrogens is 270 g/mol. The Morgan fingerprint density at radius 1 is 1.30 bits per heavy atom. The number of rotatable bonds is 3. The van der Waals surface area contributed by atoms with Crippen LogP contribution in [0.3, 0.4) is 0 Å². The van der Waals surface area contributed by atoms with Gasteiger partial charge in [-0.1, -0.05) is 0 Å². The number of benzene rings is 1. The van der Waals surface area contributed by atoms with Crippen LogP contribution in [-0.4, -0.2) is 21.9 Å². The van der Waals surface area contributed by atoms with Crippen molar-refractivity contribution in [2.45, 2.75) is 6.92 Å². The maximum atomic E-state index is 14.1. The van der Waals surface area contributed by atoms with E-state index in [9.17, 15) is 18.9 Å². The van der Waals surface area contributed by atoms with E-state index in [1.54, 1.807) is 20.0 Å². The minimum absolute atomic E-state index is 0.243. The fourth-order valence-corrected chi connectivity index (χ4v) is 1.70. The first kappa shape index (κ1) is 13.8. The van der Waals surface area contributed by atoms with Gasteiger partial charge in [-0.25, -0.2) is 14.4 Å². The van der Waals surface area contributed by atoms with Crippen molar-refractivity contribution in [3.63, 3.8) is 0 Å². The van der Waals surface area contributed by atoms with Crippen molar-refractivity contribution in [2.24, 2.45) is 0 Å². The summed E-state index contributed by atoms with van der Waals surface area (Å²) in [6.07, 6.45) is 0. The van der Waals surface area contributed by atoms with Crippen LogP contribution in [-0.2, 0) is 0 Å². The Morgan fingerprint density at radius 2 is 2.00 bits per heavy atom. The maximum absolute atomic E-state index is 14.1. The van der Waals surface area contributed by atoms with Gasteiger partial charge in [0.1, 0.15) is 11.6 Å². The first-order valence-electron chi connectivity index (χ1n) is 5.60. The van der Waals surface area contributed by atoms with E-state index in [-0.39, 0.29) is 5.82 Å². The van der Waals surface area contributed by atoms with Crippen LogP contribution in [0.4, 0.5) is 20.3 Å². The number of nitro groups is 1. The van der Waals surface area contributed by atoms with Crippen LogP contribution in [0, 0.1) is 28.7 Å². The van der Waals surface area contributed by atoms with E-state index in [2.05, 4.69) is 15.3 Å². The van der Waals surface area contributed by atoms with E-state index in [1.165, 1.54) is 0 Å². The summed E-state index contributed by atoms with van der Waals surface area (Å²) in [6, 6.07) is 3.17. The Kier molecular flexibility index (Phi) is 3.55. The number of aryl methyl sites for hydroxylation is 1. The molecule has 0 aliphatic rings. The third kappa shape index (κ3) is 2.40. The van der Waals surface area contributed by atoms with Gasteiger partial charge in [0.2, 0.25) is 5.82 Å². The summed E-state index contributed by atoms with van der Waals surface area (Å²) in [4.78, 5) is 17.6. The molecule has 0 radical (unpaired) electrons. The predicted molar refractivity (Wildman–Crippen MR) is 68.3 cm³/mol. The zero-order valence-corrected chi connectivity index (χ0v) is 10.6. The number of anilines is 1. The molecular formula is C12H10F2N4O2. The van der Waals surface area contributed by atoms with Crippen LogP contribution >= 0.6 is 0 Å². The number of nitrogens with zero attached hydrogens (tertiary/aromatic N) is 3. The Labute approximate surface area is 112 Å². The van der Waals surface area contributed by atoms with Gasteiger partial charge < -0.3 is 5.32 Å². The second-order valence-electron chi connectivity index (χ2n) is 3.98. The summed E-state index contributed by atoms with van der Waals surface area (Å²) < 4.78 is 27.8. The molecule has 20 heavy (non-hydrogen) atoms. The average molecular weight is 280 g/mol. The highest BCUT2D eigenvalue weighted by molar-refractivity contribution is 5.63. The van der Waals surface area contributed by atoms with Crippen molar-refractivity contribution in [1.82, 2.24) is 9.97 Å². The van der Waals surface area contributed by atoms with E-state index in [0.29, 0.717) is 11.5 Å². The molecule has 6 nitrogen and oxygen atoms in total. The summed E-state index contributed by atoms with van der Waals surface area (Å²) in [5, 5.41) is 13.4. The third-order valence-electron chi connectivity index (χ3n) is 2.60. The van der Waals surface area contributed by atoms with Gasteiger partial charge in [-0.2, -0.15) is 4.39 Å². The van der Waals surface area contributed by atoms with E-state index in [0.717, 1.165) is 12.1 Å². The van der Waals surface area contributed by atoms with Gasteiger partial charge in [0.25, 0.3) is 0 Å². The Hall–Kier alpha value is -2.64. The highest BCUT2D eigenvalue weighted by atomic mass is 19.1. The second kappa shape index (κ2) is 5.16. The topological polar surface area (TPSA) is 81.0 Å². The molecule has 0 saturated carbocycles. The molecule has 104 valence electrons. The minimum atomic E-state index is -1.29. The van der Waals surface area contributed by atoms with E-state index in [4.69, 9.17) is 0 Å². The number of nitro benzene ring substituents is 1. The monoisotopic (exact) mass is 280 g/mol. The summed E-state index contributed by atoms with van der Waals surface area (Å²) in [7, 11) is 1.59.